The number of H-pyrrole nitrogens is 1. The summed E-state index contributed by atoms with van der Waals surface area (Å²) in [7, 11) is 0. The summed E-state index contributed by atoms with van der Waals surface area (Å²) >= 11 is 0. The van der Waals surface area contributed by atoms with Crippen LogP contribution in [-0.2, 0) is 6.54 Å². The molecule has 0 aliphatic rings. The predicted molar refractivity (Wildman–Crippen MR) is 102 cm³/mol. The van der Waals surface area contributed by atoms with Crippen molar-refractivity contribution in [3.05, 3.63) is 81.6 Å². The number of pyridine rings is 1. The number of nitrogens with one attached hydrogen (secondary N) is 1. The number of benzene rings is 2. The van der Waals surface area contributed by atoms with E-state index in [-0.39, 0.29) is 24.6 Å². The van der Waals surface area contributed by atoms with E-state index in [9.17, 15) is 9.59 Å². The van der Waals surface area contributed by atoms with Crippen LogP contribution in [0.1, 0.15) is 27.9 Å². The van der Waals surface area contributed by atoms with Crippen molar-refractivity contribution >= 4 is 16.8 Å². The zero-order valence-electron chi connectivity index (χ0n) is 14.7. The number of carbonyl (C=O) groups excluding carboxylic acids is 1. The van der Waals surface area contributed by atoms with Gasteiger partial charge in [0.05, 0.1) is 6.54 Å². The van der Waals surface area contributed by atoms with Gasteiger partial charge in [-0.15, -0.1) is 0 Å². The Kier molecular flexibility index (Phi) is 5.49. The third-order valence-corrected chi connectivity index (χ3v) is 4.33. The van der Waals surface area contributed by atoms with Crippen molar-refractivity contribution in [3.63, 3.8) is 0 Å². The van der Waals surface area contributed by atoms with Crippen LogP contribution in [0, 0.1) is 6.92 Å². The molecule has 0 fully saturated rings. The minimum Gasteiger partial charge on any atom is -0.396 e. The lowest BCUT2D eigenvalue weighted by Crippen LogP contribution is -2.34. The molecule has 0 radical (unpaired) electrons. The number of fused-ring (bicyclic) bond motifs is 1. The lowest BCUT2D eigenvalue weighted by atomic mass is 10.1. The van der Waals surface area contributed by atoms with Crippen LogP contribution in [-0.4, -0.2) is 34.0 Å². The summed E-state index contributed by atoms with van der Waals surface area (Å²) in [6.07, 6.45) is 0.461. The molecule has 1 heterocycles. The number of carbonyl (C=O) groups is 1. The maximum Gasteiger partial charge on any atom is 0.254 e. The molecule has 3 aromatic rings. The number of hydrogen-bond donors (Lipinski definition) is 2. The Morgan fingerprint density at radius 1 is 1.12 bits per heavy atom. The second-order valence-corrected chi connectivity index (χ2v) is 6.38. The van der Waals surface area contributed by atoms with E-state index >= 15 is 0 Å². The second-order valence-electron chi connectivity index (χ2n) is 6.38. The molecule has 1 amide bonds. The number of aliphatic hydroxyl groups excluding tert-OH is 1. The molecular formula is C21H22N2O3. The summed E-state index contributed by atoms with van der Waals surface area (Å²) in [6, 6.07) is 16.7. The minimum absolute atomic E-state index is 0.00809. The second kappa shape index (κ2) is 7.97. The van der Waals surface area contributed by atoms with E-state index in [2.05, 4.69) is 4.98 Å². The number of rotatable bonds is 6. The fraction of sp³-hybridized carbons (Fsp3) is 0.238. The Balaban J connectivity index is 1.93. The highest BCUT2D eigenvalue weighted by Gasteiger charge is 2.17. The van der Waals surface area contributed by atoms with Crippen LogP contribution in [0.25, 0.3) is 10.9 Å². The lowest BCUT2D eigenvalue weighted by Gasteiger charge is -2.22. The van der Waals surface area contributed by atoms with Crippen LogP contribution in [0.5, 0.6) is 0 Å². The molecule has 5 heteroatoms. The topological polar surface area (TPSA) is 73.4 Å². The van der Waals surface area contributed by atoms with Gasteiger partial charge >= 0.3 is 0 Å². The van der Waals surface area contributed by atoms with Gasteiger partial charge in [0.15, 0.2) is 0 Å². The molecule has 5 nitrogen and oxygen atoms in total. The summed E-state index contributed by atoms with van der Waals surface area (Å²) in [5.41, 5.74) is 2.79. The van der Waals surface area contributed by atoms with E-state index in [1.165, 1.54) is 0 Å². The Morgan fingerprint density at radius 3 is 2.62 bits per heavy atom. The van der Waals surface area contributed by atoms with Crippen LogP contribution in [0.15, 0.2) is 59.4 Å². The highest BCUT2D eigenvalue weighted by Crippen LogP contribution is 2.15. The summed E-state index contributed by atoms with van der Waals surface area (Å²) < 4.78 is 0. The van der Waals surface area contributed by atoms with Crippen molar-refractivity contribution in [2.24, 2.45) is 0 Å². The first kappa shape index (κ1) is 17.9. The molecule has 0 bridgehead atoms. The molecule has 2 N–H and O–H groups in total. The molecule has 0 aliphatic heterocycles. The number of aryl methyl sites for hydroxylation is 1. The first-order valence-corrected chi connectivity index (χ1v) is 8.66. The number of hydrogen-bond acceptors (Lipinski definition) is 3. The molecule has 1 aromatic heterocycles. The molecule has 3 rings (SSSR count). The van der Waals surface area contributed by atoms with Gasteiger partial charge in [0, 0.05) is 29.8 Å². The Labute approximate surface area is 151 Å². The maximum absolute atomic E-state index is 12.8. The molecule has 0 saturated carbocycles. The first-order valence-electron chi connectivity index (χ1n) is 8.66. The van der Waals surface area contributed by atoms with Crippen molar-refractivity contribution in [3.8, 4) is 0 Å². The number of amides is 1. The smallest absolute Gasteiger partial charge is 0.254 e. The summed E-state index contributed by atoms with van der Waals surface area (Å²) in [5.74, 6) is -0.150. The third kappa shape index (κ3) is 4.00. The minimum atomic E-state index is -0.198. The average molecular weight is 350 g/mol. The van der Waals surface area contributed by atoms with E-state index in [4.69, 9.17) is 5.11 Å². The zero-order chi connectivity index (χ0) is 18.5. The van der Waals surface area contributed by atoms with Gasteiger partial charge in [-0.3, -0.25) is 9.59 Å². The van der Waals surface area contributed by atoms with Crippen LogP contribution >= 0.6 is 0 Å². The molecule has 26 heavy (non-hydrogen) atoms. The molecule has 134 valence electrons. The standard InChI is InChI=1S/C21H22N2O3/c1-15-8-9-19-17(12-15)13-18(20(25)22-19)14-23(10-5-11-24)21(26)16-6-3-2-4-7-16/h2-4,6-9,12-13,24H,5,10-11,14H2,1H3,(H,22,25). The fourth-order valence-electron chi connectivity index (χ4n) is 2.97. The van der Waals surface area contributed by atoms with Gasteiger partial charge in [0.2, 0.25) is 0 Å². The van der Waals surface area contributed by atoms with Crippen molar-refractivity contribution in [1.29, 1.82) is 0 Å². The summed E-state index contributed by atoms with van der Waals surface area (Å²) in [4.78, 5) is 29.8. The van der Waals surface area contributed by atoms with E-state index in [0.717, 1.165) is 16.5 Å². The van der Waals surface area contributed by atoms with Crippen molar-refractivity contribution < 1.29 is 9.90 Å². The molecule has 0 unspecified atom stereocenters. The monoisotopic (exact) mass is 350 g/mol. The van der Waals surface area contributed by atoms with E-state index in [1.807, 2.05) is 49.4 Å². The Morgan fingerprint density at radius 2 is 1.88 bits per heavy atom. The van der Waals surface area contributed by atoms with Crippen LogP contribution < -0.4 is 5.56 Å². The molecule has 0 atom stereocenters. The van der Waals surface area contributed by atoms with Gasteiger partial charge < -0.3 is 15.0 Å². The lowest BCUT2D eigenvalue weighted by molar-refractivity contribution is 0.0731. The van der Waals surface area contributed by atoms with E-state index in [1.54, 1.807) is 17.0 Å². The largest absolute Gasteiger partial charge is 0.396 e. The summed E-state index contributed by atoms with van der Waals surface area (Å²) in [6.45, 7) is 2.57. The fourth-order valence-corrected chi connectivity index (χ4v) is 2.97. The summed E-state index contributed by atoms with van der Waals surface area (Å²) in [5, 5.41) is 10.1. The number of aliphatic hydroxyl groups is 1. The van der Waals surface area contributed by atoms with Gasteiger partial charge in [0.1, 0.15) is 0 Å². The maximum atomic E-state index is 12.8. The highest BCUT2D eigenvalue weighted by atomic mass is 16.3. The SMILES string of the molecule is Cc1ccc2[nH]c(=O)c(CN(CCCO)C(=O)c3ccccc3)cc2c1. The molecular weight excluding hydrogens is 328 g/mol. The zero-order valence-corrected chi connectivity index (χ0v) is 14.7. The molecule has 0 saturated heterocycles. The number of aromatic nitrogens is 1. The van der Waals surface area contributed by atoms with Crippen molar-refractivity contribution in [2.75, 3.05) is 13.2 Å². The average Bonchev–Trinajstić information content (AvgIpc) is 2.66. The number of aromatic amines is 1. The van der Waals surface area contributed by atoms with Crippen LogP contribution in [0.3, 0.4) is 0 Å². The van der Waals surface area contributed by atoms with Crippen molar-refractivity contribution in [2.45, 2.75) is 19.9 Å². The normalized spacial score (nSPS) is 10.8. The van der Waals surface area contributed by atoms with Crippen molar-refractivity contribution in [1.82, 2.24) is 9.88 Å². The Bertz CT molecular complexity index is 964. The van der Waals surface area contributed by atoms with Gasteiger partial charge in [-0.1, -0.05) is 29.8 Å². The van der Waals surface area contributed by atoms with E-state index < -0.39 is 0 Å². The van der Waals surface area contributed by atoms with Gasteiger partial charge in [-0.25, -0.2) is 0 Å². The molecule has 0 spiro atoms. The third-order valence-electron chi connectivity index (χ3n) is 4.33. The Hall–Kier alpha value is -2.92. The van der Waals surface area contributed by atoms with Gasteiger partial charge in [0.25, 0.3) is 11.5 Å². The highest BCUT2D eigenvalue weighted by molar-refractivity contribution is 5.94. The molecule has 0 aliphatic carbocycles. The van der Waals surface area contributed by atoms with E-state index in [0.29, 0.717) is 24.1 Å². The quantitative estimate of drug-likeness (QED) is 0.718. The van der Waals surface area contributed by atoms with Gasteiger partial charge in [-0.05, 0) is 49.1 Å². The first-order chi connectivity index (χ1) is 12.6. The number of nitrogens with zero attached hydrogens (tertiary/aromatic N) is 1. The van der Waals surface area contributed by atoms with Crippen LogP contribution in [0.2, 0.25) is 0 Å². The predicted octanol–water partition coefficient (Wildman–Crippen LogP) is 2.86. The molecule has 2 aromatic carbocycles. The van der Waals surface area contributed by atoms with Gasteiger partial charge in [-0.2, -0.15) is 0 Å². The van der Waals surface area contributed by atoms with Crippen LogP contribution in [0.4, 0.5) is 0 Å².